The summed E-state index contributed by atoms with van der Waals surface area (Å²) < 4.78 is 0. The summed E-state index contributed by atoms with van der Waals surface area (Å²) in [6, 6.07) is 5.91. The lowest BCUT2D eigenvalue weighted by Crippen LogP contribution is -2.43. The molecule has 138 valence electrons. The maximum Gasteiger partial charge on any atom is 0.227 e. The number of carbonyl (C=O) groups excluding carboxylic acids is 2. The van der Waals surface area contributed by atoms with Gasteiger partial charge in [-0.3, -0.25) is 9.59 Å². The number of aliphatic hydroxyl groups is 1. The number of aryl methyl sites for hydroxylation is 2. The first-order chi connectivity index (χ1) is 11.7. The van der Waals surface area contributed by atoms with E-state index < -0.39 is 5.60 Å². The summed E-state index contributed by atoms with van der Waals surface area (Å²) in [5.74, 6) is 0.276. The normalized spacial score (nSPS) is 19.8. The lowest BCUT2D eigenvalue weighted by atomic mass is 10.0. The molecule has 1 heterocycles. The highest BCUT2D eigenvalue weighted by Crippen LogP contribution is 2.27. The number of hydrogen-bond donors (Lipinski definition) is 2. The van der Waals surface area contributed by atoms with Crippen molar-refractivity contribution in [1.29, 1.82) is 0 Å². The molecule has 0 saturated carbocycles. The van der Waals surface area contributed by atoms with Crippen LogP contribution in [0.25, 0.3) is 0 Å². The van der Waals surface area contributed by atoms with Gasteiger partial charge < -0.3 is 15.3 Å². The molecule has 0 bridgehead atoms. The quantitative estimate of drug-likeness (QED) is 0.779. The largest absolute Gasteiger partial charge is 0.388 e. The summed E-state index contributed by atoms with van der Waals surface area (Å²) >= 11 is 1.66. The van der Waals surface area contributed by atoms with Crippen LogP contribution in [0.5, 0.6) is 0 Å². The monoisotopic (exact) mass is 364 g/mol. The van der Waals surface area contributed by atoms with Gasteiger partial charge in [0.15, 0.2) is 0 Å². The Balaban J connectivity index is 1.95. The fourth-order valence-corrected chi connectivity index (χ4v) is 3.50. The Morgan fingerprint density at radius 3 is 2.76 bits per heavy atom. The molecule has 1 saturated heterocycles. The first-order valence-corrected chi connectivity index (χ1v) is 9.99. The third-order valence-corrected chi connectivity index (χ3v) is 5.40. The molecule has 2 atom stereocenters. The Kier molecular flexibility index (Phi) is 6.52. The molecule has 1 fully saturated rings. The van der Waals surface area contributed by atoms with E-state index >= 15 is 0 Å². The Morgan fingerprint density at radius 2 is 2.12 bits per heavy atom. The minimum atomic E-state index is -0.922. The summed E-state index contributed by atoms with van der Waals surface area (Å²) in [4.78, 5) is 26.4. The van der Waals surface area contributed by atoms with Gasteiger partial charge in [-0.2, -0.15) is 11.8 Å². The van der Waals surface area contributed by atoms with Crippen LogP contribution in [-0.2, 0) is 9.59 Å². The predicted molar refractivity (Wildman–Crippen MR) is 103 cm³/mol. The highest BCUT2D eigenvalue weighted by atomic mass is 32.2. The van der Waals surface area contributed by atoms with Gasteiger partial charge in [0, 0.05) is 25.2 Å². The third kappa shape index (κ3) is 5.22. The lowest BCUT2D eigenvalue weighted by Gasteiger charge is -2.24. The third-order valence-electron chi connectivity index (χ3n) is 4.79. The molecule has 1 aliphatic rings. The van der Waals surface area contributed by atoms with Gasteiger partial charge in [-0.1, -0.05) is 6.07 Å². The molecule has 1 aromatic carbocycles. The predicted octanol–water partition coefficient (Wildman–Crippen LogP) is 2.28. The van der Waals surface area contributed by atoms with Gasteiger partial charge in [0.2, 0.25) is 11.8 Å². The van der Waals surface area contributed by atoms with Crippen molar-refractivity contribution < 1.29 is 14.7 Å². The zero-order valence-electron chi connectivity index (χ0n) is 15.5. The molecule has 6 heteroatoms. The zero-order valence-corrected chi connectivity index (χ0v) is 16.3. The maximum absolute atomic E-state index is 12.4. The molecule has 1 aromatic rings. The number of carbonyl (C=O) groups is 2. The first kappa shape index (κ1) is 19.8. The molecule has 0 radical (unpaired) electrons. The number of benzene rings is 1. The second-order valence-electron chi connectivity index (χ2n) is 7.13. The van der Waals surface area contributed by atoms with Gasteiger partial charge in [-0.15, -0.1) is 0 Å². The van der Waals surface area contributed by atoms with Crippen LogP contribution < -0.4 is 10.2 Å². The Morgan fingerprint density at radius 1 is 1.40 bits per heavy atom. The van der Waals surface area contributed by atoms with Crippen molar-refractivity contribution in [2.75, 3.05) is 30.0 Å². The van der Waals surface area contributed by atoms with E-state index in [-0.39, 0.29) is 30.7 Å². The minimum Gasteiger partial charge on any atom is -0.388 e. The van der Waals surface area contributed by atoms with Gasteiger partial charge in [0.1, 0.15) is 0 Å². The second kappa shape index (κ2) is 8.23. The van der Waals surface area contributed by atoms with Crippen LogP contribution in [-0.4, -0.2) is 47.6 Å². The van der Waals surface area contributed by atoms with Crippen molar-refractivity contribution in [2.45, 2.75) is 39.2 Å². The summed E-state index contributed by atoms with van der Waals surface area (Å²) in [6.07, 6.45) is 2.82. The number of nitrogens with zero attached hydrogens (tertiary/aromatic N) is 1. The Bertz CT molecular complexity index is 646. The van der Waals surface area contributed by atoms with Crippen LogP contribution in [0.3, 0.4) is 0 Å². The van der Waals surface area contributed by atoms with Crippen molar-refractivity contribution >= 4 is 29.3 Å². The fraction of sp³-hybridized carbons (Fsp3) is 0.579. The summed E-state index contributed by atoms with van der Waals surface area (Å²) in [5.41, 5.74) is 2.23. The van der Waals surface area contributed by atoms with E-state index in [1.807, 2.05) is 38.3 Å². The van der Waals surface area contributed by atoms with Crippen molar-refractivity contribution in [3.05, 3.63) is 29.3 Å². The standard InChI is InChI=1S/C19H28N2O3S/c1-13-5-6-16(9-14(13)2)21-11-15(10-17(21)22)18(23)20-12-19(3,24)7-8-25-4/h5-6,9,15,24H,7-8,10-12H2,1-4H3,(H,20,23)/t15-,19+/m1/s1. The molecule has 2 N–H and O–H groups in total. The highest BCUT2D eigenvalue weighted by molar-refractivity contribution is 7.98. The zero-order chi connectivity index (χ0) is 18.6. The van der Waals surface area contributed by atoms with E-state index in [0.717, 1.165) is 17.0 Å². The first-order valence-electron chi connectivity index (χ1n) is 8.60. The smallest absolute Gasteiger partial charge is 0.227 e. The van der Waals surface area contributed by atoms with Crippen LogP contribution in [0, 0.1) is 19.8 Å². The van der Waals surface area contributed by atoms with E-state index in [9.17, 15) is 14.7 Å². The average molecular weight is 365 g/mol. The SMILES string of the molecule is CSCC[C@](C)(O)CNC(=O)[C@@H]1CC(=O)N(c2ccc(C)c(C)c2)C1. The van der Waals surface area contributed by atoms with E-state index in [1.54, 1.807) is 23.6 Å². The molecule has 0 spiro atoms. The van der Waals surface area contributed by atoms with Crippen LogP contribution in [0.2, 0.25) is 0 Å². The maximum atomic E-state index is 12.4. The van der Waals surface area contributed by atoms with Crippen molar-refractivity contribution in [3.63, 3.8) is 0 Å². The second-order valence-corrected chi connectivity index (χ2v) is 8.12. The molecule has 25 heavy (non-hydrogen) atoms. The van der Waals surface area contributed by atoms with Gasteiger partial charge in [0.25, 0.3) is 0 Å². The van der Waals surface area contributed by atoms with Crippen LogP contribution in [0.1, 0.15) is 30.9 Å². The van der Waals surface area contributed by atoms with Crippen molar-refractivity contribution in [1.82, 2.24) is 5.32 Å². The van der Waals surface area contributed by atoms with E-state index in [2.05, 4.69) is 5.32 Å². The molecule has 1 aliphatic heterocycles. The number of amides is 2. The van der Waals surface area contributed by atoms with Crippen molar-refractivity contribution in [3.8, 4) is 0 Å². The molecule has 2 rings (SSSR count). The van der Waals surface area contributed by atoms with E-state index in [4.69, 9.17) is 0 Å². The van der Waals surface area contributed by atoms with Gasteiger partial charge in [-0.05, 0) is 62.5 Å². The van der Waals surface area contributed by atoms with Gasteiger partial charge >= 0.3 is 0 Å². The number of thioether (sulfide) groups is 1. The molecule has 0 unspecified atom stereocenters. The molecule has 0 aromatic heterocycles. The van der Waals surface area contributed by atoms with E-state index in [1.165, 1.54) is 5.56 Å². The van der Waals surface area contributed by atoms with E-state index in [0.29, 0.717) is 13.0 Å². The topological polar surface area (TPSA) is 69.6 Å². The fourth-order valence-electron chi connectivity index (χ4n) is 2.86. The summed E-state index contributed by atoms with van der Waals surface area (Å²) in [5, 5.41) is 13.1. The van der Waals surface area contributed by atoms with Crippen molar-refractivity contribution in [2.24, 2.45) is 5.92 Å². The lowest BCUT2D eigenvalue weighted by molar-refractivity contribution is -0.127. The molecular weight excluding hydrogens is 336 g/mol. The van der Waals surface area contributed by atoms with Gasteiger partial charge in [-0.25, -0.2) is 0 Å². The van der Waals surface area contributed by atoms with Crippen LogP contribution >= 0.6 is 11.8 Å². The summed E-state index contributed by atoms with van der Waals surface area (Å²) in [6.45, 7) is 6.37. The summed E-state index contributed by atoms with van der Waals surface area (Å²) in [7, 11) is 0. The molecule has 0 aliphatic carbocycles. The Labute approximate surface area is 154 Å². The number of rotatable bonds is 7. The number of nitrogens with one attached hydrogen (secondary N) is 1. The molecular formula is C19H28N2O3S. The molecule has 2 amide bonds. The van der Waals surface area contributed by atoms with Gasteiger partial charge in [0.05, 0.1) is 11.5 Å². The highest BCUT2D eigenvalue weighted by Gasteiger charge is 2.35. The minimum absolute atomic E-state index is 0.0300. The Hall–Kier alpha value is -1.53. The van der Waals surface area contributed by atoms with Crippen LogP contribution in [0.15, 0.2) is 18.2 Å². The average Bonchev–Trinajstić information content (AvgIpc) is 2.95. The number of hydrogen-bond acceptors (Lipinski definition) is 4. The number of anilines is 1. The molecule has 5 nitrogen and oxygen atoms in total. The van der Waals surface area contributed by atoms with Crippen LogP contribution in [0.4, 0.5) is 5.69 Å².